The highest BCUT2D eigenvalue weighted by Gasteiger charge is 2.55. The van der Waals surface area contributed by atoms with Gasteiger partial charge in [-0.25, -0.2) is 0 Å². The molecule has 0 aromatic carbocycles. The van der Waals surface area contributed by atoms with Gasteiger partial charge in [-0.05, 0) is 51.9 Å². The smallest absolute Gasteiger partial charge is 0.206 e. The van der Waals surface area contributed by atoms with Crippen LogP contribution >= 0.6 is 0 Å². The standard InChI is InChI=1S/C18H30O6/c1-17-5-4-12(13(8-17)23-17)10-22-16(20)15(19)21-9-11-3-6-18(2)14(7-11)24-18/h11-16,19-20H,3-10H2,1-2H3. The maximum Gasteiger partial charge on any atom is 0.206 e. The van der Waals surface area contributed by atoms with Crippen molar-refractivity contribution < 1.29 is 29.2 Å². The van der Waals surface area contributed by atoms with E-state index in [1.807, 2.05) is 0 Å². The molecule has 6 nitrogen and oxygen atoms in total. The molecule has 0 aromatic heterocycles. The fourth-order valence-electron chi connectivity index (χ4n) is 4.57. The number of hydrogen-bond acceptors (Lipinski definition) is 6. The number of hydrogen-bond donors (Lipinski definition) is 2. The summed E-state index contributed by atoms with van der Waals surface area (Å²) in [7, 11) is 0. The maximum atomic E-state index is 9.97. The molecule has 5 fully saturated rings. The van der Waals surface area contributed by atoms with Gasteiger partial charge in [0.2, 0.25) is 12.6 Å². The van der Waals surface area contributed by atoms with Crippen molar-refractivity contribution in [3.05, 3.63) is 0 Å². The average molecular weight is 342 g/mol. The lowest BCUT2D eigenvalue weighted by molar-refractivity contribution is -0.285. The van der Waals surface area contributed by atoms with Gasteiger partial charge in [-0.15, -0.1) is 0 Å². The van der Waals surface area contributed by atoms with Gasteiger partial charge >= 0.3 is 0 Å². The van der Waals surface area contributed by atoms with Gasteiger partial charge in [-0.3, -0.25) is 0 Å². The molecule has 3 heterocycles. The summed E-state index contributed by atoms with van der Waals surface area (Å²) < 4.78 is 22.4. The molecule has 138 valence electrons. The Bertz CT molecular complexity index is 459. The molecule has 0 radical (unpaired) electrons. The Morgan fingerprint density at radius 2 is 1.75 bits per heavy atom. The fourth-order valence-corrected chi connectivity index (χ4v) is 4.57. The van der Waals surface area contributed by atoms with Crippen LogP contribution in [0.15, 0.2) is 0 Å². The molecule has 3 saturated heterocycles. The first-order valence-electron chi connectivity index (χ1n) is 9.32. The van der Waals surface area contributed by atoms with Crippen LogP contribution in [0, 0.1) is 11.8 Å². The summed E-state index contributed by atoms with van der Waals surface area (Å²) >= 11 is 0. The van der Waals surface area contributed by atoms with Gasteiger partial charge in [0, 0.05) is 12.3 Å². The van der Waals surface area contributed by atoms with E-state index in [1.54, 1.807) is 0 Å². The molecule has 0 amide bonds. The zero-order valence-electron chi connectivity index (χ0n) is 14.6. The predicted octanol–water partition coefficient (Wildman–Crippen LogP) is 1.57. The minimum absolute atomic E-state index is 0.0732. The van der Waals surface area contributed by atoms with Crippen molar-refractivity contribution in [2.45, 2.75) is 88.4 Å². The Morgan fingerprint density at radius 3 is 2.38 bits per heavy atom. The first-order valence-corrected chi connectivity index (χ1v) is 9.32. The third kappa shape index (κ3) is 3.37. The van der Waals surface area contributed by atoms with E-state index in [1.165, 1.54) is 0 Å². The monoisotopic (exact) mass is 342 g/mol. The lowest BCUT2D eigenvalue weighted by atomic mass is 9.72. The summed E-state index contributed by atoms with van der Waals surface area (Å²) in [6.07, 6.45) is 4.20. The Kier molecular flexibility index (Phi) is 4.43. The van der Waals surface area contributed by atoms with Crippen LogP contribution in [0.3, 0.4) is 0 Å². The average Bonchev–Trinajstić information content (AvgIpc) is 3.21. The van der Waals surface area contributed by atoms with E-state index in [2.05, 4.69) is 13.8 Å². The van der Waals surface area contributed by atoms with Crippen LogP contribution in [0.4, 0.5) is 0 Å². The van der Waals surface area contributed by atoms with Crippen molar-refractivity contribution in [1.29, 1.82) is 0 Å². The molecule has 8 unspecified atom stereocenters. The van der Waals surface area contributed by atoms with Gasteiger partial charge in [-0.2, -0.15) is 0 Å². The molecule has 2 saturated carbocycles. The van der Waals surface area contributed by atoms with E-state index in [4.69, 9.17) is 18.9 Å². The molecule has 5 rings (SSSR count). The second-order valence-electron chi connectivity index (χ2n) is 8.62. The number of epoxide rings is 1. The van der Waals surface area contributed by atoms with Crippen molar-refractivity contribution in [1.82, 2.24) is 0 Å². The van der Waals surface area contributed by atoms with Gasteiger partial charge in [0.25, 0.3) is 0 Å². The Morgan fingerprint density at radius 1 is 1.04 bits per heavy atom. The van der Waals surface area contributed by atoms with E-state index in [0.717, 1.165) is 38.5 Å². The topological polar surface area (TPSA) is 80.7 Å². The van der Waals surface area contributed by atoms with E-state index < -0.39 is 12.6 Å². The highest BCUT2D eigenvalue weighted by Crippen LogP contribution is 2.49. The number of aliphatic hydroxyl groups is 2. The summed E-state index contributed by atoms with van der Waals surface area (Å²) in [5.74, 6) is 0.684. The van der Waals surface area contributed by atoms with Gasteiger partial charge in [-0.1, -0.05) is 0 Å². The fraction of sp³-hybridized carbons (Fsp3) is 1.00. The summed E-state index contributed by atoms with van der Waals surface area (Å²) in [6.45, 7) is 5.14. The van der Waals surface area contributed by atoms with Crippen molar-refractivity contribution >= 4 is 0 Å². The minimum Gasteiger partial charge on any atom is -0.371 e. The highest BCUT2D eigenvalue weighted by atomic mass is 16.7. The van der Waals surface area contributed by atoms with E-state index >= 15 is 0 Å². The molecule has 2 bridgehead atoms. The van der Waals surface area contributed by atoms with Crippen molar-refractivity contribution in [3.63, 3.8) is 0 Å². The molecule has 2 N–H and O–H groups in total. The SMILES string of the molecule is CC12CCC(COC(O)C(O)OCC3CCC4(C)OC4C3)C(C1)O2. The van der Waals surface area contributed by atoms with Gasteiger partial charge in [0.15, 0.2) is 0 Å². The van der Waals surface area contributed by atoms with Crippen molar-refractivity contribution in [2.75, 3.05) is 13.2 Å². The van der Waals surface area contributed by atoms with Crippen LogP contribution < -0.4 is 0 Å². The van der Waals surface area contributed by atoms with Crippen LogP contribution in [0.5, 0.6) is 0 Å². The van der Waals surface area contributed by atoms with Crippen molar-refractivity contribution in [3.8, 4) is 0 Å². The van der Waals surface area contributed by atoms with E-state index in [0.29, 0.717) is 31.2 Å². The summed E-state index contributed by atoms with van der Waals surface area (Å²) in [5, 5.41) is 19.9. The van der Waals surface area contributed by atoms with Crippen LogP contribution in [0.25, 0.3) is 0 Å². The molecule has 6 heteroatoms. The summed E-state index contributed by atoms with van der Waals surface area (Å²) in [5.41, 5.74) is 0.168. The molecule has 24 heavy (non-hydrogen) atoms. The van der Waals surface area contributed by atoms with E-state index in [9.17, 15) is 10.2 Å². The molecular weight excluding hydrogens is 312 g/mol. The zero-order valence-corrected chi connectivity index (χ0v) is 14.6. The van der Waals surface area contributed by atoms with Gasteiger partial charge < -0.3 is 29.2 Å². The Balaban J connectivity index is 1.13. The highest BCUT2D eigenvalue weighted by molar-refractivity contribution is 5.03. The molecule has 5 aliphatic rings. The van der Waals surface area contributed by atoms with Gasteiger partial charge in [0.05, 0.1) is 36.6 Å². The third-order valence-electron chi connectivity index (χ3n) is 6.50. The summed E-state index contributed by atoms with van der Waals surface area (Å²) in [6, 6.07) is 0. The molecular formula is C18H30O6. The maximum absolute atomic E-state index is 9.97. The lowest BCUT2D eigenvalue weighted by Crippen LogP contribution is -2.57. The first kappa shape index (κ1) is 17.2. The molecule has 0 spiro atoms. The second-order valence-corrected chi connectivity index (χ2v) is 8.62. The molecule has 0 aromatic rings. The molecule has 2 aliphatic carbocycles. The molecule has 8 atom stereocenters. The van der Waals surface area contributed by atoms with Crippen LogP contribution in [-0.4, -0.2) is 59.4 Å². The third-order valence-corrected chi connectivity index (χ3v) is 6.50. The predicted molar refractivity (Wildman–Crippen MR) is 85.2 cm³/mol. The van der Waals surface area contributed by atoms with Crippen LogP contribution in [0.2, 0.25) is 0 Å². The Labute approximate surface area is 143 Å². The quantitative estimate of drug-likeness (QED) is 0.540. The van der Waals surface area contributed by atoms with Crippen molar-refractivity contribution in [2.24, 2.45) is 11.8 Å². The minimum atomic E-state index is -1.30. The Hall–Kier alpha value is -0.240. The second kappa shape index (κ2) is 6.18. The van der Waals surface area contributed by atoms with Gasteiger partial charge in [0.1, 0.15) is 0 Å². The summed E-state index contributed by atoms with van der Waals surface area (Å²) in [4.78, 5) is 0. The number of fused-ring (bicyclic) bond motifs is 3. The normalized spacial score (nSPS) is 49.0. The van der Waals surface area contributed by atoms with Crippen LogP contribution in [0.1, 0.15) is 52.4 Å². The first-order chi connectivity index (χ1) is 11.4. The number of aliphatic hydroxyl groups excluding tert-OH is 2. The lowest BCUT2D eigenvalue weighted by Gasteiger charge is -2.54. The van der Waals surface area contributed by atoms with E-state index in [-0.39, 0.29) is 17.3 Å². The number of rotatable bonds is 7. The largest absolute Gasteiger partial charge is 0.371 e. The zero-order chi connectivity index (χ0) is 16.9. The number of ether oxygens (including phenoxy) is 4. The van der Waals surface area contributed by atoms with Crippen LogP contribution in [-0.2, 0) is 18.9 Å². The molecule has 3 aliphatic heterocycles.